The SMILES string of the molecule is C=C(C)Oc1cc(S(=O)(=O)O)ccc1C. The highest BCUT2D eigenvalue weighted by Crippen LogP contribution is 2.23. The summed E-state index contributed by atoms with van der Waals surface area (Å²) in [7, 11) is -4.19. The molecule has 0 aliphatic rings. The zero-order valence-corrected chi connectivity index (χ0v) is 9.34. The molecule has 5 heteroatoms. The number of ether oxygens (including phenoxy) is 1. The Morgan fingerprint density at radius 3 is 2.53 bits per heavy atom. The summed E-state index contributed by atoms with van der Waals surface area (Å²) in [5.41, 5.74) is 0.769. The molecule has 82 valence electrons. The fourth-order valence-electron chi connectivity index (χ4n) is 1.04. The number of hydrogen-bond donors (Lipinski definition) is 1. The van der Waals surface area contributed by atoms with Crippen LogP contribution in [0.4, 0.5) is 0 Å². The van der Waals surface area contributed by atoms with Crippen LogP contribution in [0.3, 0.4) is 0 Å². The summed E-state index contributed by atoms with van der Waals surface area (Å²) >= 11 is 0. The number of hydrogen-bond acceptors (Lipinski definition) is 3. The molecule has 0 saturated carbocycles. The normalized spacial score (nSPS) is 11.1. The Kier molecular flexibility index (Phi) is 3.16. The lowest BCUT2D eigenvalue weighted by Crippen LogP contribution is -2.00. The van der Waals surface area contributed by atoms with Gasteiger partial charge in [-0.25, -0.2) is 0 Å². The van der Waals surface area contributed by atoms with Gasteiger partial charge in [-0.15, -0.1) is 0 Å². The lowest BCUT2D eigenvalue weighted by atomic mass is 10.2. The van der Waals surface area contributed by atoms with E-state index in [9.17, 15) is 8.42 Å². The minimum atomic E-state index is -4.19. The van der Waals surface area contributed by atoms with Crippen LogP contribution in [0.15, 0.2) is 35.4 Å². The highest BCUT2D eigenvalue weighted by Gasteiger charge is 2.12. The van der Waals surface area contributed by atoms with Crippen LogP contribution in [0.1, 0.15) is 12.5 Å². The summed E-state index contributed by atoms with van der Waals surface area (Å²) in [5.74, 6) is 0.822. The van der Waals surface area contributed by atoms with Crippen LogP contribution in [-0.4, -0.2) is 13.0 Å². The topological polar surface area (TPSA) is 63.6 Å². The first-order chi connectivity index (χ1) is 6.80. The van der Waals surface area contributed by atoms with Crippen LogP contribution in [-0.2, 0) is 10.1 Å². The van der Waals surface area contributed by atoms with Gasteiger partial charge in [0.2, 0.25) is 0 Å². The predicted molar refractivity (Wildman–Crippen MR) is 56.4 cm³/mol. The molecule has 0 bridgehead atoms. The summed E-state index contributed by atoms with van der Waals surface area (Å²) in [6.45, 7) is 6.97. The number of rotatable bonds is 3. The van der Waals surface area contributed by atoms with Gasteiger partial charge in [0.1, 0.15) is 5.75 Å². The Morgan fingerprint density at radius 2 is 2.07 bits per heavy atom. The molecule has 0 saturated heterocycles. The van der Waals surface area contributed by atoms with E-state index in [4.69, 9.17) is 9.29 Å². The Morgan fingerprint density at radius 1 is 1.47 bits per heavy atom. The first kappa shape index (κ1) is 11.7. The maximum absolute atomic E-state index is 10.9. The van der Waals surface area contributed by atoms with E-state index in [1.54, 1.807) is 19.9 Å². The van der Waals surface area contributed by atoms with Gasteiger partial charge < -0.3 is 4.74 Å². The second-order valence-electron chi connectivity index (χ2n) is 3.21. The molecule has 0 atom stereocenters. The van der Waals surface area contributed by atoms with Crippen molar-refractivity contribution in [2.75, 3.05) is 0 Å². The van der Waals surface area contributed by atoms with Gasteiger partial charge in [-0.05, 0) is 25.5 Å². The summed E-state index contributed by atoms with van der Waals surface area (Å²) in [4.78, 5) is -0.190. The molecule has 0 spiro atoms. The summed E-state index contributed by atoms with van der Waals surface area (Å²) < 4.78 is 35.8. The summed E-state index contributed by atoms with van der Waals surface area (Å²) in [6.07, 6.45) is 0. The molecular weight excluding hydrogens is 216 g/mol. The van der Waals surface area contributed by atoms with E-state index >= 15 is 0 Å². The molecule has 0 aliphatic carbocycles. The first-order valence-corrected chi connectivity index (χ1v) is 5.66. The molecule has 0 unspecified atom stereocenters. The highest BCUT2D eigenvalue weighted by molar-refractivity contribution is 7.85. The van der Waals surface area contributed by atoms with E-state index in [-0.39, 0.29) is 4.90 Å². The molecule has 0 radical (unpaired) electrons. The second kappa shape index (κ2) is 4.04. The van der Waals surface area contributed by atoms with Crippen LogP contribution >= 0.6 is 0 Å². The minimum absolute atomic E-state index is 0.190. The average Bonchev–Trinajstić information content (AvgIpc) is 2.06. The van der Waals surface area contributed by atoms with E-state index in [0.29, 0.717) is 11.5 Å². The van der Waals surface area contributed by atoms with Crippen LogP contribution in [0.5, 0.6) is 5.75 Å². The number of allylic oxidation sites excluding steroid dienone is 1. The third-order valence-corrected chi connectivity index (χ3v) is 2.59. The lowest BCUT2D eigenvalue weighted by molar-refractivity contribution is 0.424. The van der Waals surface area contributed by atoms with Crippen LogP contribution in [0, 0.1) is 6.92 Å². The molecule has 0 amide bonds. The monoisotopic (exact) mass is 228 g/mol. The Balaban J connectivity index is 3.23. The third kappa shape index (κ3) is 3.07. The molecule has 4 nitrogen and oxygen atoms in total. The molecule has 1 N–H and O–H groups in total. The van der Waals surface area contributed by atoms with Gasteiger partial charge in [-0.3, -0.25) is 4.55 Å². The van der Waals surface area contributed by atoms with Crippen molar-refractivity contribution in [3.63, 3.8) is 0 Å². The van der Waals surface area contributed by atoms with Crippen LogP contribution in [0.2, 0.25) is 0 Å². The molecule has 0 aromatic heterocycles. The standard InChI is InChI=1S/C10H12O4S/c1-7(2)14-10-6-9(15(11,12)13)5-4-8(10)3/h4-6H,1H2,2-3H3,(H,11,12,13). The molecule has 1 rings (SSSR count). The Hall–Kier alpha value is -1.33. The maximum Gasteiger partial charge on any atom is 0.294 e. The van der Waals surface area contributed by atoms with Crippen molar-refractivity contribution in [3.05, 3.63) is 36.1 Å². The fraction of sp³-hybridized carbons (Fsp3) is 0.200. The molecule has 15 heavy (non-hydrogen) atoms. The third-order valence-electron chi connectivity index (χ3n) is 1.74. The number of aryl methyl sites for hydroxylation is 1. The number of benzene rings is 1. The molecule has 0 heterocycles. The molecule has 1 aromatic rings. The van der Waals surface area contributed by atoms with Crippen molar-refractivity contribution in [1.82, 2.24) is 0 Å². The van der Waals surface area contributed by atoms with E-state index in [1.807, 2.05) is 0 Å². The van der Waals surface area contributed by atoms with E-state index in [1.165, 1.54) is 12.1 Å². The van der Waals surface area contributed by atoms with Crippen molar-refractivity contribution < 1.29 is 17.7 Å². The van der Waals surface area contributed by atoms with Crippen molar-refractivity contribution >= 4 is 10.1 Å². The minimum Gasteiger partial charge on any atom is -0.462 e. The van der Waals surface area contributed by atoms with Crippen molar-refractivity contribution in [3.8, 4) is 5.75 Å². The summed E-state index contributed by atoms with van der Waals surface area (Å²) in [5, 5.41) is 0. The molecule has 0 aliphatic heterocycles. The van der Waals surface area contributed by atoms with E-state index in [0.717, 1.165) is 5.56 Å². The van der Waals surface area contributed by atoms with Crippen molar-refractivity contribution in [2.45, 2.75) is 18.7 Å². The maximum atomic E-state index is 10.9. The van der Waals surface area contributed by atoms with Crippen molar-refractivity contribution in [2.24, 2.45) is 0 Å². The second-order valence-corrected chi connectivity index (χ2v) is 4.63. The molecular formula is C10H12O4S. The highest BCUT2D eigenvalue weighted by atomic mass is 32.2. The Bertz CT molecular complexity index is 488. The average molecular weight is 228 g/mol. The van der Waals surface area contributed by atoms with E-state index in [2.05, 4.69) is 6.58 Å². The zero-order valence-electron chi connectivity index (χ0n) is 8.52. The largest absolute Gasteiger partial charge is 0.462 e. The zero-order chi connectivity index (χ0) is 11.6. The van der Waals surface area contributed by atoms with Gasteiger partial charge in [0.05, 0.1) is 10.7 Å². The lowest BCUT2D eigenvalue weighted by Gasteiger charge is -2.08. The predicted octanol–water partition coefficient (Wildman–Crippen LogP) is 2.15. The summed E-state index contributed by atoms with van der Waals surface area (Å²) in [6, 6.07) is 4.14. The van der Waals surface area contributed by atoms with Gasteiger partial charge in [0.15, 0.2) is 0 Å². The smallest absolute Gasteiger partial charge is 0.294 e. The van der Waals surface area contributed by atoms with Crippen LogP contribution in [0.25, 0.3) is 0 Å². The Labute approximate surface area is 88.9 Å². The van der Waals surface area contributed by atoms with Gasteiger partial charge in [0, 0.05) is 6.07 Å². The van der Waals surface area contributed by atoms with Gasteiger partial charge in [-0.2, -0.15) is 8.42 Å². The van der Waals surface area contributed by atoms with Gasteiger partial charge in [-0.1, -0.05) is 12.6 Å². The molecule has 1 aromatic carbocycles. The van der Waals surface area contributed by atoms with Crippen LogP contribution < -0.4 is 4.74 Å². The quantitative estimate of drug-likeness (QED) is 0.636. The molecule has 0 fully saturated rings. The van der Waals surface area contributed by atoms with E-state index < -0.39 is 10.1 Å². The van der Waals surface area contributed by atoms with Gasteiger partial charge in [0.25, 0.3) is 10.1 Å². The van der Waals surface area contributed by atoms with Gasteiger partial charge >= 0.3 is 0 Å². The fourth-order valence-corrected chi connectivity index (χ4v) is 1.53. The van der Waals surface area contributed by atoms with Crippen molar-refractivity contribution in [1.29, 1.82) is 0 Å². The first-order valence-electron chi connectivity index (χ1n) is 4.22.